The van der Waals surface area contributed by atoms with Crippen LogP contribution < -0.4 is 0 Å². The molecule has 15 nitrogen and oxygen atoms in total. The molecule has 0 aliphatic heterocycles. The lowest BCUT2D eigenvalue weighted by Crippen LogP contribution is -2.78. The van der Waals surface area contributed by atoms with Gasteiger partial charge in [0.2, 0.25) is 56.3 Å². The first-order valence-electron chi connectivity index (χ1n) is 24.9. The number of nitrogens with zero attached hydrogens (tertiary/aromatic N) is 5. The van der Waals surface area contributed by atoms with Crippen LogP contribution in [0.5, 0.6) is 0 Å². The molecule has 0 spiro atoms. The normalized spacial score (nSPS) is 13.7. The van der Waals surface area contributed by atoms with E-state index in [1.165, 1.54) is 0 Å². The van der Waals surface area contributed by atoms with Crippen LogP contribution in [0.2, 0.25) is 0 Å². The van der Waals surface area contributed by atoms with Crippen molar-refractivity contribution >= 4 is 50.1 Å². The third-order valence-corrected chi connectivity index (χ3v) is 19.3. The molecule has 0 aliphatic carbocycles. The molecule has 0 unspecified atom stereocenters. The standard InChI is InChI=1S/C42H86F5N5O10S5/c1-6-11-16-21-26-31-36-63(53,54)48(43)41(49(44)64(55,56)37-32-27-22-17-12-7-2)42(50(45)65(57,58)38-33-28-23-18-13-8-3,51(46)66(59,60)39-34-29-24-19-14-9-4)52(47)67(61,62)40-35-30-25-20-15-10-5/h41H,6-40H2,1-5H3. The highest BCUT2D eigenvalue weighted by molar-refractivity contribution is 7.91. The van der Waals surface area contributed by atoms with Crippen LogP contribution >= 0.6 is 0 Å². The molecule has 0 atom stereocenters. The van der Waals surface area contributed by atoms with Crippen LogP contribution in [0, 0.1) is 0 Å². The van der Waals surface area contributed by atoms with Crippen molar-refractivity contribution in [3.8, 4) is 0 Å². The molecular weight excluding hydrogens is 990 g/mol. The Labute approximate surface area is 403 Å². The lowest BCUT2D eigenvalue weighted by molar-refractivity contribution is -0.301. The minimum atomic E-state index is -6.16. The van der Waals surface area contributed by atoms with E-state index in [1.54, 1.807) is 0 Å². The Balaban J connectivity index is 8.45. The maximum Gasteiger partial charge on any atom is 0.293 e. The lowest BCUT2D eigenvalue weighted by Gasteiger charge is -2.47. The summed E-state index contributed by atoms with van der Waals surface area (Å²) in [5.41, 5.74) is 0. The summed E-state index contributed by atoms with van der Waals surface area (Å²) in [4.78, 5) is 0. The fraction of sp³-hybridized carbons (Fsp3) is 1.00. The molecule has 0 heterocycles. The highest BCUT2D eigenvalue weighted by atomic mass is 32.2. The highest BCUT2D eigenvalue weighted by Crippen LogP contribution is 2.44. The Bertz CT molecular complexity index is 1700. The summed E-state index contributed by atoms with van der Waals surface area (Å²) in [6.45, 7) is 9.45. The van der Waals surface area contributed by atoms with Crippen LogP contribution in [0.25, 0.3) is 0 Å². The smallest absolute Gasteiger partial charge is 0.210 e. The molecular formula is C42H86F5N5O10S5. The third-order valence-electron chi connectivity index (χ3n) is 11.6. The minimum absolute atomic E-state index is 0.0264. The van der Waals surface area contributed by atoms with E-state index in [9.17, 15) is 42.1 Å². The van der Waals surface area contributed by atoms with E-state index in [0.29, 0.717) is 83.5 Å². The van der Waals surface area contributed by atoms with Gasteiger partial charge in [0, 0.05) is 13.6 Å². The maximum atomic E-state index is 17.7. The second-order valence-electron chi connectivity index (χ2n) is 17.6. The molecule has 0 aromatic carbocycles. The number of hydrogen-bond acceptors (Lipinski definition) is 10. The Hall–Kier alpha value is -0.800. The Kier molecular flexibility index (Phi) is 34.1. The van der Waals surface area contributed by atoms with Gasteiger partial charge in [-0.3, -0.25) is 0 Å². The van der Waals surface area contributed by atoms with E-state index in [1.807, 2.05) is 34.6 Å². The molecule has 67 heavy (non-hydrogen) atoms. The molecule has 0 saturated heterocycles. The maximum absolute atomic E-state index is 17.7. The van der Waals surface area contributed by atoms with Gasteiger partial charge in [-0.2, -0.15) is 0 Å². The topological polar surface area (TPSA) is 187 Å². The van der Waals surface area contributed by atoms with Gasteiger partial charge in [-0.15, -0.1) is 22.4 Å². The number of rotatable bonds is 46. The second-order valence-corrected chi connectivity index (χ2v) is 27.1. The van der Waals surface area contributed by atoms with Gasteiger partial charge in [-0.1, -0.05) is 195 Å². The van der Waals surface area contributed by atoms with Crippen LogP contribution in [-0.2, 0) is 50.1 Å². The lowest BCUT2D eigenvalue weighted by atomic mass is 10.1. The van der Waals surface area contributed by atoms with E-state index >= 15 is 22.4 Å². The largest absolute Gasteiger partial charge is 0.293 e. The van der Waals surface area contributed by atoms with Crippen molar-refractivity contribution in [3.63, 3.8) is 0 Å². The number of unbranched alkanes of at least 4 members (excludes halogenated alkanes) is 25. The van der Waals surface area contributed by atoms with E-state index in [4.69, 9.17) is 0 Å². The van der Waals surface area contributed by atoms with Crippen molar-refractivity contribution in [2.75, 3.05) is 28.8 Å². The zero-order valence-electron chi connectivity index (χ0n) is 41.1. The van der Waals surface area contributed by atoms with Crippen molar-refractivity contribution in [3.05, 3.63) is 0 Å². The first-order valence-corrected chi connectivity index (χ1v) is 32.9. The molecule has 0 bridgehead atoms. The molecule has 0 amide bonds. The minimum Gasteiger partial charge on any atom is -0.210 e. The van der Waals surface area contributed by atoms with Crippen molar-refractivity contribution < 1.29 is 64.5 Å². The van der Waals surface area contributed by atoms with Gasteiger partial charge in [0.25, 0.3) is 5.79 Å². The van der Waals surface area contributed by atoms with Crippen molar-refractivity contribution in [1.82, 2.24) is 22.6 Å². The third kappa shape index (κ3) is 23.1. The first-order chi connectivity index (χ1) is 31.5. The van der Waals surface area contributed by atoms with Crippen LogP contribution in [0.15, 0.2) is 0 Å². The van der Waals surface area contributed by atoms with E-state index < -0.39 is 146 Å². The van der Waals surface area contributed by atoms with Gasteiger partial charge in [0.05, 0.1) is 28.8 Å². The van der Waals surface area contributed by atoms with Crippen LogP contribution in [0.4, 0.5) is 22.4 Å². The van der Waals surface area contributed by atoms with E-state index in [0.717, 1.165) is 44.9 Å². The van der Waals surface area contributed by atoms with Crippen molar-refractivity contribution in [2.45, 2.75) is 239 Å². The zero-order chi connectivity index (χ0) is 51.2. The monoisotopic (exact) mass is 1080 g/mol. The Morgan fingerprint density at radius 1 is 0.284 bits per heavy atom. The van der Waals surface area contributed by atoms with Gasteiger partial charge < -0.3 is 0 Å². The number of sulfonamides is 5. The quantitative estimate of drug-likeness (QED) is 0.0246. The van der Waals surface area contributed by atoms with E-state index in [2.05, 4.69) is 0 Å². The highest BCUT2D eigenvalue weighted by Gasteiger charge is 2.74. The summed E-state index contributed by atoms with van der Waals surface area (Å²) in [5, 5.41) is 0. The summed E-state index contributed by atoms with van der Waals surface area (Å²) < 4.78 is 218. The molecule has 25 heteroatoms. The van der Waals surface area contributed by atoms with Crippen molar-refractivity contribution in [1.29, 1.82) is 0 Å². The van der Waals surface area contributed by atoms with Gasteiger partial charge in [-0.25, -0.2) is 42.1 Å². The molecule has 0 fully saturated rings. The molecule has 0 radical (unpaired) electrons. The van der Waals surface area contributed by atoms with Gasteiger partial charge >= 0.3 is 0 Å². The summed E-state index contributed by atoms with van der Waals surface area (Å²) >= 11 is 0. The molecule has 0 N–H and O–H groups in total. The van der Waals surface area contributed by atoms with Crippen LogP contribution in [-0.4, -0.2) is 105 Å². The zero-order valence-corrected chi connectivity index (χ0v) is 45.2. The molecule has 0 rings (SSSR count). The van der Waals surface area contributed by atoms with Crippen LogP contribution in [0.3, 0.4) is 0 Å². The summed E-state index contributed by atoms with van der Waals surface area (Å²) in [5.74, 6) is -12.9. The fourth-order valence-electron chi connectivity index (χ4n) is 7.46. The summed E-state index contributed by atoms with van der Waals surface area (Å²) in [6, 6.07) is 0. The predicted octanol–water partition coefficient (Wildman–Crippen LogP) is 11.4. The number of hydrogen-bond donors (Lipinski definition) is 0. The predicted molar refractivity (Wildman–Crippen MR) is 257 cm³/mol. The van der Waals surface area contributed by atoms with Gasteiger partial charge in [-0.05, 0) is 41.2 Å². The summed E-state index contributed by atoms with van der Waals surface area (Å²) in [7, 11) is -30.4. The average molecular weight is 1080 g/mol. The van der Waals surface area contributed by atoms with Crippen molar-refractivity contribution in [2.24, 2.45) is 0 Å². The first kappa shape index (κ1) is 66.2. The molecule has 404 valence electrons. The second kappa shape index (κ2) is 34.5. The Morgan fingerprint density at radius 3 is 0.642 bits per heavy atom. The fourth-order valence-corrected chi connectivity index (χ4v) is 14.3. The molecule has 0 aromatic heterocycles. The molecule has 0 aromatic rings. The number of halogens is 5. The SMILES string of the molecule is CCCCCCCCS(=O)(=O)N(F)C(N(F)S(=O)(=O)CCCCCCCC)C(N(F)S(=O)(=O)CCCCCCCC)(N(F)S(=O)(=O)CCCCCCCC)N(F)S(=O)(=O)CCCCCCCC. The van der Waals surface area contributed by atoms with Gasteiger partial charge in [0.15, 0.2) is 0 Å². The van der Waals surface area contributed by atoms with E-state index in [-0.39, 0.29) is 32.1 Å². The van der Waals surface area contributed by atoms with Gasteiger partial charge in [0.1, 0.15) is 0 Å². The summed E-state index contributed by atoms with van der Waals surface area (Å²) in [6.07, 6.45) is 5.39. The van der Waals surface area contributed by atoms with Crippen LogP contribution in [0.1, 0.15) is 227 Å². The molecule has 0 aliphatic rings. The molecule has 0 saturated carbocycles. The Morgan fingerprint density at radius 2 is 0.448 bits per heavy atom. The average Bonchev–Trinajstić information content (AvgIpc) is 3.27.